The van der Waals surface area contributed by atoms with E-state index in [9.17, 15) is 4.79 Å². The fourth-order valence-corrected chi connectivity index (χ4v) is 3.68. The summed E-state index contributed by atoms with van der Waals surface area (Å²) in [7, 11) is 0. The van der Waals surface area contributed by atoms with Crippen LogP contribution in [-0.4, -0.2) is 43.5 Å². The van der Waals surface area contributed by atoms with E-state index in [-0.39, 0.29) is 43.2 Å². The number of nitrogens with two attached hydrogens (primary N) is 2. The zero-order valence-electron chi connectivity index (χ0n) is 12.0. The molecular weight excluding hydrogens is 288 g/mol. The van der Waals surface area contributed by atoms with Crippen LogP contribution in [0.3, 0.4) is 0 Å². The van der Waals surface area contributed by atoms with Gasteiger partial charge in [-0.15, -0.1) is 0 Å². The van der Waals surface area contributed by atoms with E-state index < -0.39 is 11.5 Å². The van der Waals surface area contributed by atoms with E-state index in [2.05, 4.69) is 30.4 Å². The van der Waals surface area contributed by atoms with E-state index in [4.69, 9.17) is 22.5 Å². The molecule has 1 heterocycles. The molecule has 1 aliphatic carbocycles. The minimum Gasteiger partial charge on any atom is -0.370 e. The molecule has 0 aromatic carbocycles. The highest BCUT2D eigenvalue weighted by atomic mass is 16.1. The molecule has 1 saturated carbocycles. The summed E-state index contributed by atoms with van der Waals surface area (Å²) in [5.74, 6) is -0.700. The average molecular weight is 306 g/mol. The lowest BCUT2D eigenvalue weighted by atomic mass is 9.79. The van der Waals surface area contributed by atoms with Crippen LogP contribution in [0.25, 0.3) is 20.9 Å². The van der Waals surface area contributed by atoms with Gasteiger partial charge in [-0.2, -0.15) is 0 Å². The Morgan fingerprint density at radius 1 is 1.41 bits per heavy atom. The predicted octanol–water partition coefficient (Wildman–Crippen LogP) is 0.0438. The van der Waals surface area contributed by atoms with E-state index in [0.717, 1.165) is 0 Å². The normalized spacial score (nSPS) is 32.8. The van der Waals surface area contributed by atoms with Gasteiger partial charge in [0.15, 0.2) is 11.7 Å². The van der Waals surface area contributed by atoms with Gasteiger partial charge < -0.3 is 16.8 Å². The Hall–Kier alpha value is -2.48. The Kier molecular flexibility index (Phi) is 4.71. The van der Waals surface area contributed by atoms with Gasteiger partial charge >= 0.3 is 0 Å². The first-order chi connectivity index (χ1) is 10.6. The molecule has 11 nitrogen and oxygen atoms in total. The molecule has 4 atom stereocenters. The van der Waals surface area contributed by atoms with Crippen LogP contribution < -0.4 is 16.8 Å². The van der Waals surface area contributed by atoms with Gasteiger partial charge in [-0.25, -0.2) is 0 Å². The molecule has 0 bridgehead atoms. The number of azide groups is 2. The molecule has 2 rings (SSSR count). The summed E-state index contributed by atoms with van der Waals surface area (Å²) >= 11 is 0. The van der Waals surface area contributed by atoms with Crippen molar-refractivity contribution in [2.24, 2.45) is 44.4 Å². The predicted molar refractivity (Wildman–Crippen MR) is 79.5 cm³/mol. The average Bonchev–Trinajstić information content (AvgIpc) is 3.02. The Morgan fingerprint density at radius 3 is 2.64 bits per heavy atom. The molecule has 5 N–H and O–H groups in total. The van der Waals surface area contributed by atoms with Crippen molar-refractivity contribution in [1.82, 2.24) is 5.32 Å². The molecule has 0 saturated heterocycles. The number of aliphatic imine (C=N–C) groups is 1. The zero-order chi connectivity index (χ0) is 16.2. The maximum atomic E-state index is 12.4. The van der Waals surface area contributed by atoms with Crippen LogP contribution in [0.2, 0.25) is 0 Å². The third-order valence-corrected chi connectivity index (χ3v) is 4.45. The molecule has 0 radical (unpaired) electrons. The van der Waals surface area contributed by atoms with E-state index in [0.29, 0.717) is 13.0 Å². The van der Waals surface area contributed by atoms with Crippen molar-refractivity contribution >= 4 is 11.7 Å². The lowest BCUT2D eigenvalue weighted by Crippen LogP contribution is -2.55. The number of rotatable bonds is 6. The molecule has 22 heavy (non-hydrogen) atoms. The van der Waals surface area contributed by atoms with E-state index in [1.807, 2.05) is 0 Å². The Morgan fingerprint density at radius 2 is 2.09 bits per heavy atom. The van der Waals surface area contributed by atoms with Crippen molar-refractivity contribution in [3.63, 3.8) is 0 Å². The van der Waals surface area contributed by atoms with Gasteiger partial charge in [-0.05, 0) is 29.3 Å². The summed E-state index contributed by atoms with van der Waals surface area (Å²) in [6, 6.07) is 0. The molecule has 11 heteroatoms. The number of carbonyl (C=O) groups excluding carboxylic acids is 1. The van der Waals surface area contributed by atoms with Gasteiger partial charge in [-0.1, -0.05) is 10.2 Å². The van der Waals surface area contributed by atoms with E-state index >= 15 is 0 Å². The second kappa shape index (κ2) is 6.52. The highest BCUT2D eigenvalue weighted by Gasteiger charge is 2.57. The molecule has 118 valence electrons. The summed E-state index contributed by atoms with van der Waals surface area (Å²) in [5.41, 5.74) is 27.7. The first kappa shape index (κ1) is 15.9. The number of carbonyl (C=O) groups is 1. The SMILES string of the molecule is [N-]=[N+]=NC[C@H]1C[C@]2(CN=C(N)N2)[C@@H](C(=O)CN)[C@@H]1CN=[N+]=[N-]. The number of nitrogens with one attached hydrogen (secondary N) is 1. The molecule has 1 spiro atoms. The number of ketones is 1. The quantitative estimate of drug-likeness (QED) is 0.354. The fourth-order valence-electron chi connectivity index (χ4n) is 3.68. The van der Waals surface area contributed by atoms with Gasteiger partial charge in [0.25, 0.3) is 0 Å². The van der Waals surface area contributed by atoms with Crippen LogP contribution in [-0.2, 0) is 4.79 Å². The largest absolute Gasteiger partial charge is 0.370 e. The van der Waals surface area contributed by atoms with Crippen molar-refractivity contribution in [3.05, 3.63) is 20.9 Å². The smallest absolute Gasteiger partial charge is 0.189 e. The minimum atomic E-state index is -0.633. The van der Waals surface area contributed by atoms with Crippen LogP contribution in [0.5, 0.6) is 0 Å². The van der Waals surface area contributed by atoms with Crippen LogP contribution >= 0.6 is 0 Å². The third-order valence-electron chi connectivity index (χ3n) is 4.45. The Bertz CT molecular complexity index is 575. The molecule has 1 aliphatic heterocycles. The van der Waals surface area contributed by atoms with Crippen molar-refractivity contribution in [2.75, 3.05) is 26.2 Å². The fraction of sp³-hybridized carbons (Fsp3) is 0.818. The van der Waals surface area contributed by atoms with Gasteiger partial charge in [0.1, 0.15) is 0 Å². The highest BCUT2D eigenvalue weighted by Crippen LogP contribution is 2.46. The summed E-state index contributed by atoms with van der Waals surface area (Å²) in [5, 5.41) is 10.3. The van der Waals surface area contributed by atoms with Gasteiger partial charge in [0.2, 0.25) is 0 Å². The standard InChI is InChI=1S/C11H18N10O/c12-2-8(22)9-7(4-18-21-15)6(3-17-20-14)1-11(9)5-16-10(13)19-11/h6-7,9H,1-5,12H2,(H3,13,16,19)/t6-,7-,9-,11+/m1/s1. The Balaban J connectivity index is 2.36. The minimum absolute atomic E-state index is 0.101. The zero-order valence-corrected chi connectivity index (χ0v) is 12.0. The number of nitrogens with zero attached hydrogens (tertiary/aromatic N) is 7. The van der Waals surface area contributed by atoms with Gasteiger partial charge in [0.05, 0.1) is 18.6 Å². The summed E-state index contributed by atoms with van der Waals surface area (Å²) in [4.78, 5) is 22.1. The number of hydrogen-bond donors (Lipinski definition) is 3. The summed E-state index contributed by atoms with van der Waals surface area (Å²) in [6.45, 7) is 0.603. The van der Waals surface area contributed by atoms with Crippen molar-refractivity contribution in [3.8, 4) is 0 Å². The van der Waals surface area contributed by atoms with Gasteiger partial charge in [0, 0.05) is 28.8 Å². The molecule has 0 amide bonds. The number of Topliss-reactive ketones (excluding diaryl/α,β-unsaturated/α-hetero) is 1. The molecule has 0 aromatic heterocycles. The molecule has 1 fully saturated rings. The maximum Gasteiger partial charge on any atom is 0.189 e. The molecule has 0 aromatic rings. The van der Waals surface area contributed by atoms with Crippen molar-refractivity contribution in [1.29, 1.82) is 0 Å². The second-order valence-electron chi connectivity index (χ2n) is 5.59. The summed E-state index contributed by atoms with van der Waals surface area (Å²) < 4.78 is 0. The van der Waals surface area contributed by atoms with E-state index in [1.54, 1.807) is 0 Å². The number of hydrogen-bond acceptors (Lipinski definition) is 7. The third kappa shape index (κ3) is 2.77. The van der Waals surface area contributed by atoms with Crippen LogP contribution in [0.15, 0.2) is 15.2 Å². The second-order valence-corrected chi connectivity index (χ2v) is 5.59. The maximum absolute atomic E-state index is 12.4. The monoisotopic (exact) mass is 306 g/mol. The molecule has 0 unspecified atom stereocenters. The number of guanidine groups is 1. The van der Waals surface area contributed by atoms with Crippen LogP contribution in [0.4, 0.5) is 0 Å². The Labute approximate surface area is 126 Å². The van der Waals surface area contributed by atoms with Gasteiger partial charge in [-0.3, -0.25) is 9.79 Å². The van der Waals surface area contributed by atoms with E-state index in [1.165, 1.54) is 0 Å². The molecule has 2 aliphatic rings. The topological polar surface area (TPSA) is 191 Å². The highest BCUT2D eigenvalue weighted by molar-refractivity contribution is 5.88. The first-order valence-corrected chi connectivity index (χ1v) is 6.90. The lowest BCUT2D eigenvalue weighted by Gasteiger charge is -2.32. The first-order valence-electron chi connectivity index (χ1n) is 6.90. The molecular formula is C11H18N10O. The van der Waals surface area contributed by atoms with Crippen molar-refractivity contribution in [2.45, 2.75) is 12.0 Å². The van der Waals surface area contributed by atoms with Crippen molar-refractivity contribution < 1.29 is 4.79 Å². The van der Waals surface area contributed by atoms with Crippen LogP contribution in [0.1, 0.15) is 6.42 Å². The van der Waals surface area contributed by atoms with Crippen LogP contribution in [0, 0.1) is 17.8 Å². The lowest BCUT2D eigenvalue weighted by molar-refractivity contribution is -0.124. The summed E-state index contributed by atoms with van der Waals surface area (Å²) in [6.07, 6.45) is 0.554.